The molecule has 10 aromatic rings. The van der Waals surface area contributed by atoms with Crippen LogP contribution < -0.4 is 0 Å². The Morgan fingerprint density at radius 1 is 0.296 bits per heavy atom. The van der Waals surface area contributed by atoms with E-state index in [1.54, 1.807) is 0 Å². The van der Waals surface area contributed by atoms with Gasteiger partial charge in [0.1, 0.15) is 0 Å². The second kappa shape index (κ2) is 12.5. The first-order valence-electron chi connectivity index (χ1n) is 18.8. The van der Waals surface area contributed by atoms with Gasteiger partial charge >= 0.3 is 0 Å². The molecule has 0 amide bonds. The minimum atomic E-state index is -0.0249. The topological polar surface area (TPSA) is 9.86 Å². The summed E-state index contributed by atoms with van der Waals surface area (Å²) in [6, 6.07) is 69.0. The maximum atomic E-state index is 2.46. The van der Waals surface area contributed by atoms with Gasteiger partial charge in [-0.05, 0) is 105 Å². The third-order valence-electron chi connectivity index (χ3n) is 11.1. The summed E-state index contributed by atoms with van der Waals surface area (Å²) in [7, 11) is 0. The highest BCUT2D eigenvalue weighted by Crippen LogP contribution is 2.40. The standard InChI is InChI=1S/C52H40N2/c1-52(2,3)41-30-40(37-24-22-36(23-25-37)35-14-6-4-7-15-35)31-43(34-41)54-49-21-13-11-19-45(49)47-33-39(27-29-51(47)54)38-26-28-50-46(32-38)44-18-10-12-20-48(44)53(50)42-16-8-5-9-17-42/h4-34H,1-3H3. The fourth-order valence-electron chi connectivity index (χ4n) is 8.26. The molecular formula is C52H40N2. The fourth-order valence-corrected chi connectivity index (χ4v) is 8.26. The quantitative estimate of drug-likeness (QED) is 0.170. The molecule has 0 unspecified atom stereocenters. The number of hydrogen-bond donors (Lipinski definition) is 0. The Labute approximate surface area is 316 Å². The van der Waals surface area contributed by atoms with Crippen molar-refractivity contribution in [3.8, 4) is 44.8 Å². The summed E-state index contributed by atoms with van der Waals surface area (Å²) >= 11 is 0. The fraction of sp³-hybridized carbons (Fsp3) is 0.0769. The molecule has 2 aromatic heterocycles. The summed E-state index contributed by atoms with van der Waals surface area (Å²) in [5, 5.41) is 5.04. The normalized spacial score (nSPS) is 12.0. The molecule has 0 aliphatic carbocycles. The monoisotopic (exact) mass is 692 g/mol. The van der Waals surface area contributed by atoms with Crippen molar-refractivity contribution in [2.45, 2.75) is 26.2 Å². The summed E-state index contributed by atoms with van der Waals surface area (Å²) in [4.78, 5) is 0. The average Bonchev–Trinajstić information content (AvgIpc) is 3.73. The van der Waals surface area contributed by atoms with Gasteiger partial charge < -0.3 is 9.13 Å². The van der Waals surface area contributed by atoms with Gasteiger partial charge in [0.05, 0.1) is 22.1 Å². The molecule has 2 heterocycles. The molecule has 0 aliphatic heterocycles. The molecule has 2 nitrogen and oxygen atoms in total. The lowest BCUT2D eigenvalue weighted by Crippen LogP contribution is -2.12. The van der Waals surface area contributed by atoms with Gasteiger partial charge in [-0.25, -0.2) is 0 Å². The number of aromatic nitrogens is 2. The third kappa shape index (κ3) is 5.33. The molecule has 0 aliphatic rings. The van der Waals surface area contributed by atoms with Gasteiger partial charge in [-0.1, -0.05) is 148 Å². The number of para-hydroxylation sites is 3. The lowest BCUT2D eigenvalue weighted by Gasteiger charge is -2.22. The summed E-state index contributed by atoms with van der Waals surface area (Å²) in [6.45, 7) is 6.92. The van der Waals surface area contributed by atoms with E-state index in [0.717, 1.165) is 0 Å². The Hall–Kier alpha value is -6.64. The lowest BCUT2D eigenvalue weighted by molar-refractivity contribution is 0.590. The van der Waals surface area contributed by atoms with E-state index in [9.17, 15) is 0 Å². The third-order valence-corrected chi connectivity index (χ3v) is 11.1. The molecule has 0 atom stereocenters. The van der Waals surface area contributed by atoms with E-state index in [1.165, 1.54) is 93.9 Å². The molecule has 0 bridgehead atoms. The van der Waals surface area contributed by atoms with Gasteiger partial charge in [0.15, 0.2) is 0 Å². The summed E-state index contributed by atoms with van der Waals surface area (Å²) < 4.78 is 4.84. The van der Waals surface area contributed by atoms with E-state index >= 15 is 0 Å². The molecule has 8 aromatic carbocycles. The Morgan fingerprint density at radius 3 is 1.28 bits per heavy atom. The van der Waals surface area contributed by atoms with Crippen LogP contribution in [0.4, 0.5) is 0 Å². The molecule has 258 valence electrons. The zero-order valence-electron chi connectivity index (χ0n) is 30.8. The highest BCUT2D eigenvalue weighted by molar-refractivity contribution is 6.12. The molecule has 0 N–H and O–H groups in total. The highest BCUT2D eigenvalue weighted by Gasteiger charge is 2.20. The Balaban J connectivity index is 1.12. The number of fused-ring (bicyclic) bond motifs is 6. The van der Waals surface area contributed by atoms with Crippen molar-refractivity contribution in [1.29, 1.82) is 0 Å². The van der Waals surface area contributed by atoms with Crippen LogP contribution >= 0.6 is 0 Å². The molecule has 0 saturated carbocycles. The first kappa shape index (κ1) is 32.0. The maximum Gasteiger partial charge on any atom is 0.0541 e. The minimum Gasteiger partial charge on any atom is -0.309 e. The predicted octanol–water partition coefficient (Wildman–Crippen LogP) is 14.2. The van der Waals surface area contributed by atoms with Gasteiger partial charge in [-0.2, -0.15) is 0 Å². The van der Waals surface area contributed by atoms with Crippen molar-refractivity contribution < 1.29 is 0 Å². The molecule has 0 fully saturated rings. The number of rotatable bonds is 5. The first-order chi connectivity index (χ1) is 26.4. The summed E-state index contributed by atoms with van der Waals surface area (Å²) in [5.74, 6) is 0. The van der Waals surface area contributed by atoms with Crippen LogP contribution in [0.1, 0.15) is 26.3 Å². The van der Waals surface area contributed by atoms with Crippen molar-refractivity contribution in [3.63, 3.8) is 0 Å². The molecule has 54 heavy (non-hydrogen) atoms. The lowest BCUT2D eigenvalue weighted by atomic mass is 9.85. The van der Waals surface area contributed by atoms with Crippen molar-refractivity contribution >= 4 is 43.6 Å². The molecular weight excluding hydrogens is 653 g/mol. The number of hydrogen-bond acceptors (Lipinski definition) is 0. The predicted molar refractivity (Wildman–Crippen MR) is 230 cm³/mol. The number of benzene rings is 8. The van der Waals surface area contributed by atoms with Crippen molar-refractivity contribution in [2.75, 3.05) is 0 Å². The van der Waals surface area contributed by atoms with Gasteiger partial charge in [0.25, 0.3) is 0 Å². The van der Waals surface area contributed by atoms with Crippen LogP contribution in [-0.2, 0) is 5.41 Å². The van der Waals surface area contributed by atoms with E-state index in [0.29, 0.717) is 0 Å². The van der Waals surface area contributed by atoms with Crippen molar-refractivity contribution in [2.24, 2.45) is 0 Å². The smallest absolute Gasteiger partial charge is 0.0541 e. The molecule has 10 rings (SSSR count). The van der Waals surface area contributed by atoms with E-state index in [-0.39, 0.29) is 5.41 Å². The number of nitrogens with zero attached hydrogens (tertiary/aromatic N) is 2. The SMILES string of the molecule is CC(C)(C)c1cc(-c2ccc(-c3ccccc3)cc2)cc(-n2c3ccccc3c3cc(-c4ccc5c(c4)c4ccccc4n5-c4ccccc4)ccc32)c1. The second-order valence-corrected chi connectivity index (χ2v) is 15.5. The second-order valence-electron chi connectivity index (χ2n) is 15.5. The molecule has 0 saturated heterocycles. The van der Waals surface area contributed by atoms with E-state index in [1.807, 2.05) is 0 Å². The van der Waals surface area contributed by atoms with Crippen molar-refractivity contribution in [3.05, 3.63) is 194 Å². The van der Waals surface area contributed by atoms with Gasteiger partial charge in [-0.15, -0.1) is 0 Å². The Kier molecular flexibility index (Phi) is 7.42. The van der Waals surface area contributed by atoms with Crippen LogP contribution in [0.3, 0.4) is 0 Å². The summed E-state index contributed by atoms with van der Waals surface area (Å²) in [5.41, 5.74) is 15.8. The van der Waals surface area contributed by atoms with Crippen LogP contribution in [0, 0.1) is 0 Å². The van der Waals surface area contributed by atoms with Crippen LogP contribution in [0.15, 0.2) is 188 Å². The Bertz CT molecular complexity index is 2990. The van der Waals surface area contributed by atoms with Gasteiger partial charge in [-0.3, -0.25) is 0 Å². The molecule has 0 spiro atoms. The van der Waals surface area contributed by atoms with E-state index < -0.39 is 0 Å². The van der Waals surface area contributed by atoms with Crippen LogP contribution in [0.25, 0.3) is 88.4 Å². The summed E-state index contributed by atoms with van der Waals surface area (Å²) in [6.07, 6.45) is 0. The van der Waals surface area contributed by atoms with Crippen LogP contribution in [-0.4, -0.2) is 9.13 Å². The van der Waals surface area contributed by atoms with Crippen LogP contribution in [0.2, 0.25) is 0 Å². The molecule has 2 heteroatoms. The van der Waals surface area contributed by atoms with E-state index in [2.05, 4.69) is 218 Å². The Morgan fingerprint density at radius 2 is 0.722 bits per heavy atom. The van der Waals surface area contributed by atoms with Gasteiger partial charge in [0, 0.05) is 32.9 Å². The van der Waals surface area contributed by atoms with E-state index in [4.69, 9.17) is 0 Å². The van der Waals surface area contributed by atoms with Crippen LogP contribution in [0.5, 0.6) is 0 Å². The zero-order valence-corrected chi connectivity index (χ0v) is 30.8. The molecule has 0 radical (unpaired) electrons. The zero-order chi connectivity index (χ0) is 36.4. The largest absolute Gasteiger partial charge is 0.309 e. The van der Waals surface area contributed by atoms with Gasteiger partial charge in [0.2, 0.25) is 0 Å². The average molecular weight is 693 g/mol. The first-order valence-corrected chi connectivity index (χ1v) is 18.8. The minimum absolute atomic E-state index is 0.0249. The maximum absolute atomic E-state index is 2.46. The van der Waals surface area contributed by atoms with Crippen molar-refractivity contribution in [1.82, 2.24) is 9.13 Å². The highest BCUT2D eigenvalue weighted by atomic mass is 15.0.